The zero-order valence-electron chi connectivity index (χ0n) is 19.4. The molecule has 33 heavy (non-hydrogen) atoms. The van der Waals surface area contributed by atoms with Crippen LogP contribution < -0.4 is 5.32 Å². The lowest BCUT2D eigenvalue weighted by atomic mass is 10.1. The number of carbonyl (C=O) groups excluding carboxylic acids is 2. The van der Waals surface area contributed by atoms with Crippen molar-refractivity contribution in [2.45, 2.75) is 45.6 Å². The van der Waals surface area contributed by atoms with Crippen molar-refractivity contribution in [3.05, 3.63) is 95.6 Å². The molecule has 0 saturated carbocycles. The summed E-state index contributed by atoms with van der Waals surface area (Å²) < 4.78 is 0. The molecule has 6 heteroatoms. The number of nitrogens with zero attached hydrogens (tertiary/aromatic N) is 3. The highest BCUT2D eigenvalue weighted by atomic mass is 16.2. The number of carbonyl (C=O) groups is 2. The van der Waals surface area contributed by atoms with Gasteiger partial charge < -0.3 is 10.2 Å². The van der Waals surface area contributed by atoms with Crippen LogP contribution in [0.1, 0.15) is 47.1 Å². The number of hydrogen-bond donors (Lipinski definition) is 1. The maximum absolute atomic E-state index is 13.1. The molecule has 1 aromatic heterocycles. The Labute approximate surface area is 196 Å². The lowest BCUT2D eigenvalue weighted by Gasteiger charge is -2.23. The molecule has 0 spiro atoms. The third-order valence-electron chi connectivity index (χ3n) is 5.53. The Morgan fingerprint density at radius 3 is 2.12 bits per heavy atom. The van der Waals surface area contributed by atoms with Crippen molar-refractivity contribution < 1.29 is 9.59 Å². The standard InChI is InChI=1S/C27H32N4O2/c1-21(13-14-23-9-5-3-6-10-23)30-26(32)16-18-31(17-15-24-11-7-4-8-12-24)27(33)25-20-28-22(2)19-29-25/h3-12,19-21H,13-18H2,1-2H3,(H,30,32). The van der Waals surface area contributed by atoms with Crippen LogP contribution in [0.4, 0.5) is 0 Å². The fourth-order valence-corrected chi connectivity index (χ4v) is 3.57. The number of hydrogen-bond acceptors (Lipinski definition) is 4. The second kappa shape index (κ2) is 12.5. The first kappa shape index (κ1) is 24.1. The monoisotopic (exact) mass is 444 g/mol. The Bertz CT molecular complexity index is 1010. The van der Waals surface area contributed by atoms with Gasteiger partial charge in [-0.2, -0.15) is 0 Å². The predicted octanol–water partition coefficient (Wildman–Crippen LogP) is 4.00. The van der Waals surface area contributed by atoms with Crippen LogP contribution in [0.2, 0.25) is 0 Å². The molecule has 0 fully saturated rings. The lowest BCUT2D eigenvalue weighted by molar-refractivity contribution is -0.121. The van der Waals surface area contributed by atoms with E-state index in [9.17, 15) is 9.59 Å². The molecule has 1 N–H and O–H groups in total. The van der Waals surface area contributed by atoms with Crippen molar-refractivity contribution in [2.24, 2.45) is 0 Å². The predicted molar refractivity (Wildman–Crippen MR) is 130 cm³/mol. The normalized spacial score (nSPS) is 11.6. The summed E-state index contributed by atoms with van der Waals surface area (Å²) in [6.07, 6.45) is 5.82. The van der Waals surface area contributed by atoms with Gasteiger partial charge in [-0.15, -0.1) is 0 Å². The van der Waals surface area contributed by atoms with E-state index in [1.807, 2.05) is 62.4 Å². The zero-order chi connectivity index (χ0) is 23.5. The molecule has 3 rings (SSSR count). The fourth-order valence-electron chi connectivity index (χ4n) is 3.57. The maximum atomic E-state index is 13.1. The van der Waals surface area contributed by atoms with Gasteiger partial charge in [0.1, 0.15) is 5.69 Å². The van der Waals surface area contributed by atoms with Crippen molar-refractivity contribution in [3.63, 3.8) is 0 Å². The molecule has 0 aliphatic rings. The summed E-state index contributed by atoms with van der Waals surface area (Å²) in [6, 6.07) is 20.3. The summed E-state index contributed by atoms with van der Waals surface area (Å²) >= 11 is 0. The summed E-state index contributed by atoms with van der Waals surface area (Å²) in [7, 11) is 0. The van der Waals surface area contributed by atoms with Crippen LogP contribution in [-0.2, 0) is 17.6 Å². The molecule has 2 amide bonds. The van der Waals surface area contributed by atoms with E-state index in [0.717, 1.165) is 24.1 Å². The highest BCUT2D eigenvalue weighted by Crippen LogP contribution is 2.08. The van der Waals surface area contributed by atoms with Crippen LogP contribution in [0.5, 0.6) is 0 Å². The number of nitrogens with one attached hydrogen (secondary N) is 1. The summed E-state index contributed by atoms with van der Waals surface area (Å²) in [5.74, 6) is -0.258. The van der Waals surface area contributed by atoms with Gasteiger partial charge in [0, 0.05) is 31.7 Å². The average Bonchev–Trinajstić information content (AvgIpc) is 2.84. The second-order valence-corrected chi connectivity index (χ2v) is 8.31. The quantitative estimate of drug-likeness (QED) is 0.485. The molecule has 0 saturated heterocycles. The zero-order valence-corrected chi connectivity index (χ0v) is 19.4. The first-order valence-electron chi connectivity index (χ1n) is 11.5. The summed E-state index contributed by atoms with van der Waals surface area (Å²) in [4.78, 5) is 35.7. The van der Waals surface area contributed by atoms with Gasteiger partial charge in [0.05, 0.1) is 11.9 Å². The molecule has 0 bridgehead atoms. The first-order chi connectivity index (χ1) is 16.0. The van der Waals surface area contributed by atoms with Crippen LogP contribution in [-0.4, -0.2) is 45.8 Å². The minimum Gasteiger partial charge on any atom is -0.354 e. The second-order valence-electron chi connectivity index (χ2n) is 8.31. The Balaban J connectivity index is 1.54. The fraction of sp³-hybridized carbons (Fsp3) is 0.333. The Morgan fingerprint density at radius 2 is 1.52 bits per heavy atom. The highest BCUT2D eigenvalue weighted by molar-refractivity contribution is 5.92. The third-order valence-corrected chi connectivity index (χ3v) is 5.53. The summed E-state index contributed by atoms with van der Waals surface area (Å²) in [6.45, 7) is 4.69. The SMILES string of the molecule is Cc1cnc(C(=O)N(CCC(=O)NC(C)CCc2ccccc2)CCc2ccccc2)cn1. The molecule has 1 unspecified atom stereocenters. The molecule has 6 nitrogen and oxygen atoms in total. The Morgan fingerprint density at radius 1 is 0.879 bits per heavy atom. The van der Waals surface area contributed by atoms with E-state index in [1.54, 1.807) is 11.1 Å². The van der Waals surface area contributed by atoms with Gasteiger partial charge in [-0.25, -0.2) is 4.98 Å². The lowest BCUT2D eigenvalue weighted by Crippen LogP contribution is -2.39. The molecule has 0 aliphatic heterocycles. The number of rotatable bonds is 11. The molecule has 1 atom stereocenters. The van der Waals surface area contributed by atoms with Gasteiger partial charge in [-0.3, -0.25) is 14.6 Å². The first-order valence-corrected chi connectivity index (χ1v) is 11.5. The van der Waals surface area contributed by atoms with Crippen molar-refractivity contribution >= 4 is 11.8 Å². The van der Waals surface area contributed by atoms with Gasteiger partial charge in [0.2, 0.25) is 5.91 Å². The van der Waals surface area contributed by atoms with Gasteiger partial charge >= 0.3 is 0 Å². The highest BCUT2D eigenvalue weighted by Gasteiger charge is 2.19. The summed E-state index contributed by atoms with van der Waals surface area (Å²) in [5, 5.41) is 3.06. The van der Waals surface area contributed by atoms with Gasteiger partial charge in [-0.05, 0) is 44.2 Å². The van der Waals surface area contributed by atoms with E-state index in [4.69, 9.17) is 0 Å². The topological polar surface area (TPSA) is 75.2 Å². The van der Waals surface area contributed by atoms with Gasteiger partial charge in [0.25, 0.3) is 5.91 Å². The number of benzene rings is 2. The largest absolute Gasteiger partial charge is 0.354 e. The van der Waals surface area contributed by atoms with Gasteiger partial charge in [0.15, 0.2) is 0 Å². The molecule has 1 heterocycles. The van der Waals surface area contributed by atoms with E-state index >= 15 is 0 Å². The number of amides is 2. The van der Waals surface area contributed by atoms with Crippen molar-refractivity contribution in [1.82, 2.24) is 20.2 Å². The summed E-state index contributed by atoms with van der Waals surface area (Å²) in [5.41, 5.74) is 3.45. The molecule has 0 aliphatic carbocycles. The minimum absolute atomic E-state index is 0.0527. The molecule has 0 radical (unpaired) electrons. The van der Waals surface area contributed by atoms with Crippen molar-refractivity contribution in [1.29, 1.82) is 0 Å². The number of aryl methyl sites for hydroxylation is 2. The maximum Gasteiger partial charge on any atom is 0.274 e. The van der Waals surface area contributed by atoms with Crippen LogP contribution in [0.15, 0.2) is 73.1 Å². The van der Waals surface area contributed by atoms with Crippen LogP contribution >= 0.6 is 0 Å². The van der Waals surface area contributed by atoms with Crippen molar-refractivity contribution in [3.8, 4) is 0 Å². The smallest absolute Gasteiger partial charge is 0.274 e. The average molecular weight is 445 g/mol. The molecule has 3 aromatic rings. The van der Waals surface area contributed by atoms with E-state index in [2.05, 4.69) is 27.4 Å². The number of aromatic nitrogens is 2. The van der Waals surface area contributed by atoms with Crippen LogP contribution in [0.25, 0.3) is 0 Å². The van der Waals surface area contributed by atoms with Crippen molar-refractivity contribution in [2.75, 3.05) is 13.1 Å². The molecular formula is C27H32N4O2. The van der Waals surface area contributed by atoms with Crippen LogP contribution in [0, 0.1) is 6.92 Å². The Hall–Kier alpha value is -3.54. The molecule has 2 aromatic carbocycles. The molecular weight excluding hydrogens is 412 g/mol. The van der Waals surface area contributed by atoms with Gasteiger partial charge in [-0.1, -0.05) is 60.7 Å². The molecule has 172 valence electrons. The minimum atomic E-state index is -0.205. The third kappa shape index (κ3) is 8.15. The van der Waals surface area contributed by atoms with Crippen LogP contribution in [0.3, 0.4) is 0 Å². The van der Waals surface area contributed by atoms with E-state index in [0.29, 0.717) is 25.2 Å². The van der Waals surface area contributed by atoms with E-state index < -0.39 is 0 Å². The Kier molecular flexibility index (Phi) is 9.12. The van der Waals surface area contributed by atoms with E-state index in [1.165, 1.54) is 11.8 Å². The van der Waals surface area contributed by atoms with E-state index in [-0.39, 0.29) is 24.3 Å².